The van der Waals surface area contributed by atoms with E-state index in [2.05, 4.69) is 22.6 Å². The minimum absolute atomic E-state index is 0.0140. The Morgan fingerprint density at radius 1 is 1.29 bits per heavy atom. The molecule has 2 aromatic rings. The molecule has 0 unspecified atom stereocenters. The summed E-state index contributed by atoms with van der Waals surface area (Å²) in [6, 6.07) is 8.79. The van der Waals surface area contributed by atoms with Gasteiger partial charge in [-0.15, -0.1) is 11.3 Å². The standard InChI is InChI=1S/C15H13IO4S/c1-2-19-14(17)9-20-12-6-5-10(8-11(12)16)15(18)13-4-3-7-21-13/h3-8H,2,9H2,1H3. The van der Waals surface area contributed by atoms with E-state index in [1.54, 1.807) is 31.2 Å². The Morgan fingerprint density at radius 2 is 2.10 bits per heavy atom. The molecule has 0 radical (unpaired) electrons. The molecule has 0 saturated carbocycles. The number of carbonyl (C=O) groups excluding carboxylic acids is 2. The third-order valence-electron chi connectivity index (χ3n) is 2.59. The zero-order chi connectivity index (χ0) is 15.2. The minimum atomic E-state index is -0.410. The lowest BCUT2D eigenvalue weighted by atomic mass is 10.1. The number of ketones is 1. The normalized spacial score (nSPS) is 10.2. The van der Waals surface area contributed by atoms with Gasteiger partial charge in [0.05, 0.1) is 15.1 Å². The number of thiophene rings is 1. The van der Waals surface area contributed by atoms with Gasteiger partial charge in [-0.1, -0.05) is 6.07 Å². The molecule has 0 aliphatic carbocycles. The zero-order valence-corrected chi connectivity index (χ0v) is 14.3. The average molecular weight is 416 g/mol. The van der Waals surface area contributed by atoms with E-state index < -0.39 is 5.97 Å². The van der Waals surface area contributed by atoms with Crippen molar-refractivity contribution in [3.8, 4) is 5.75 Å². The van der Waals surface area contributed by atoms with E-state index in [1.165, 1.54) is 11.3 Å². The molecule has 0 aliphatic heterocycles. The number of halogens is 1. The fraction of sp³-hybridized carbons (Fsp3) is 0.200. The lowest BCUT2D eigenvalue weighted by Crippen LogP contribution is -2.15. The molecule has 0 saturated heterocycles. The monoisotopic (exact) mass is 416 g/mol. The Balaban J connectivity index is 2.07. The minimum Gasteiger partial charge on any atom is -0.481 e. The van der Waals surface area contributed by atoms with Crippen LogP contribution < -0.4 is 4.74 Å². The first-order valence-electron chi connectivity index (χ1n) is 6.28. The van der Waals surface area contributed by atoms with Crippen molar-refractivity contribution in [2.24, 2.45) is 0 Å². The molecular weight excluding hydrogens is 403 g/mol. The van der Waals surface area contributed by atoms with E-state index in [0.717, 1.165) is 3.57 Å². The SMILES string of the molecule is CCOC(=O)COc1ccc(C(=O)c2cccs2)cc1I. The molecule has 0 bridgehead atoms. The molecular formula is C15H13IO4S. The lowest BCUT2D eigenvalue weighted by Gasteiger charge is -2.08. The second-order valence-electron chi connectivity index (χ2n) is 4.05. The van der Waals surface area contributed by atoms with Crippen LogP contribution in [0.15, 0.2) is 35.7 Å². The summed E-state index contributed by atoms with van der Waals surface area (Å²) in [6.07, 6.45) is 0. The van der Waals surface area contributed by atoms with E-state index in [1.807, 2.05) is 11.4 Å². The summed E-state index contributed by atoms with van der Waals surface area (Å²) in [5.41, 5.74) is 0.602. The molecule has 0 fully saturated rings. The summed E-state index contributed by atoms with van der Waals surface area (Å²) in [5.74, 6) is 0.137. The Morgan fingerprint density at radius 3 is 2.71 bits per heavy atom. The van der Waals surface area contributed by atoms with Crippen molar-refractivity contribution in [2.45, 2.75) is 6.92 Å². The van der Waals surface area contributed by atoms with Crippen molar-refractivity contribution < 1.29 is 19.1 Å². The second kappa shape index (κ2) is 7.56. The highest BCUT2D eigenvalue weighted by Gasteiger charge is 2.13. The Hall–Kier alpha value is -1.41. The smallest absolute Gasteiger partial charge is 0.344 e. The predicted octanol–water partition coefficient (Wildman–Crippen LogP) is 3.53. The number of rotatable bonds is 6. The van der Waals surface area contributed by atoms with Crippen LogP contribution in [0.4, 0.5) is 0 Å². The van der Waals surface area contributed by atoms with Gasteiger partial charge in [-0.25, -0.2) is 4.79 Å². The van der Waals surface area contributed by atoms with Crippen molar-refractivity contribution in [1.82, 2.24) is 0 Å². The summed E-state index contributed by atoms with van der Waals surface area (Å²) in [4.78, 5) is 24.2. The molecule has 2 rings (SSSR count). The maximum absolute atomic E-state index is 12.2. The molecule has 0 spiro atoms. The molecule has 6 heteroatoms. The van der Waals surface area contributed by atoms with E-state index in [-0.39, 0.29) is 12.4 Å². The number of esters is 1. The summed E-state index contributed by atoms with van der Waals surface area (Å²) < 4.78 is 11.0. The molecule has 1 heterocycles. The topological polar surface area (TPSA) is 52.6 Å². The third-order valence-corrected chi connectivity index (χ3v) is 4.30. The van der Waals surface area contributed by atoms with Crippen LogP contribution in [-0.2, 0) is 9.53 Å². The summed E-state index contributed by atoms with van der Waals surface area (Å²) in [6.45, 7) is 1.93. The van der Waals surface area contributed by atoms with Gasteiger partial charge in [0.1, 0.15) is 5.75 Å². The van der Waals surface area contributed by atoms with Crippen LogP contribution in [0.25, 0.3) is 0 Å². The fourth-order valence-corrected chi connectivity index (χ4v) is 3.01. The molecule has 0 aliphatic rings. The Kier molecular flexibility index (Phi) is 5.75. The van der Waals surface area contributed by atoms with Crippen LogP contribution in [0.1, 0.15) is 22.2 Å². The Bertz CT molecular complexity index is 637. The first kappa shape index (κ1) is 16.0. The molecule has 0 atom stereocenters. The lowest BCUT2D eigenvalue weighted by molar-refractivity contribution is -0.145. The molecule has 21 heavy (non-hydrogen) atoms. The van der Waals surface area contributed by atoms with Gasteiger partial charge in [-0.05, 0) is 59.2 Å². The maximum Gasteiger partial charge on any atom is 0.344 e. The van der Waals surface area contributed by atoms with Crippen molar-refractivity contribution in [1.29, 1.82) is 0 Å². The largest absolute Gasteiger partial charge is 0.481 e. The van der Waals surface area contributed by atoms with Crippen LogP contribution in [0.3, 0.4) is 0 Å². The van der Waals surface area contributed by atoms with Crippen molar-refractivity contribution in [3.63, 3.8) is 0 Å². The summed E-state index contributed by atoms with van der Waals surface area (Å²) in [5, 5.41) is 1.87. The highest BCUT2D eigenvalue weighted by molar-refractivity contribution is 14.1. The highest BCUT2D eigenvalue weighted by Crippen LogP contribution is 2.24. The van der Waals surface area contributed by atoms with Gasteiger partial charge in [0.15, 0.2) is 6.61 Å². The maximum atomic E-state index is 12.2. The average Bonchev–Trinajstić information content (AvgIpc) is 2.99. The predicted molar refractivity (Wildman–Crippen MR) is 89.0 cm³/mol. The summed E-state index contributed by atoms with van der Waals surface area (Å²) >= 11 is 3.49. The van der Waals surface area contributed by atoms with Gasteiger partial charge in [-0.3, -0.25) is 4.79 Å². The zero-order valence-electron chi connectivity index (χ0n) is 11.3. The van der Waals surface area contributed by atoms with E-state index in [4.69, 9.17) is 9.47 Å². The highest BCUT2D eigenvalue weighted by atomic mass is 127. The van der Waals surface area contributed by atoms with Crippen molar-refractivity contribution in [2.75, 3.05) is 13.2 Å². The number of benzene rings is 1. The molecule has 0 amide bonds. The van der Waals surface area contributed by atoms with E-state index >= 15 is 0 Å². The number of ether oxygens (including phenoxy) is 2. The second-order valence-corrected chi connectivity index (χ2v) is 6.16. The third kappa shape index (κ3) is 4.28. The summed E-state index contributed by atoms with van der Waals surface area (Å²) in [7, 11) is 0. The van der Waals surface area contributed by atoms with Crippen LogP contribution in [0.2, 0.25) is 0 Å². The molecule has 4 nitrogen and oxygen atoms in total. The van der Waals surface area contributed by atoms with Gasteiger partial charge in [-0.2, -0.15) is 0 Å². The van der Waals surface area contributed by atoms with Crippen LogP contribution in [0.5, 0.6) is 5.75 Å². The van der Waals surface area contributed by atoms with E-state index in [9.17, 15) is 9.59 Å². The van der Waals surface area contributed by atoms with Crippen LogP contribution in [0, 0.1) is 3.57 Å². The quantitative estimate of drug-likeness (QED) is 0.411. The van der Waals surface area contributed by atoms with Crippen LogP contribution >= 0.6 is 33.9 Å². The van der Waals surface area contributed by atoms with Gasteiger partial charge in [0.2, 0.25) is 5.78 Å². The molecule has 1 aromatic carbocycles. The molecule has 0 N–H and O–H groups in total. The number of hydrogen-bond acceptors (Lipinski definition) is 5. The van der Waals surface area contributed by atoms with E-state index in [0.29, 0.717) is 22.8 Å². The first-order chi connectivity index (χ1) is 10.1. The molecule has 1 aromatic heterocycles. The number of hydrogen-bond donors (Lipinski definition) is 0. The Labute approximate surface area is 140 Å². The molecule has 110 valence electrons. The van der Waals surface area contributed by atoms with Crippen molar-refractivity contribution in [3.05, 3.63) is 49.7 Å². The van der Waals surface area contributed by atoms with Gasteiger partial charge < -0.3 is 9.47 Å². The number of carbonyl (C=O) groups is 2. The van der Waals surface area contributed by atoms with Gasteiger partial charge >= 0.3 is 5.97 Å². The van der Waals surface area contributed by atoms with Gasteiger partial charge in [0, 0.05) is 5.56 Å². The first-order valence-corrected chi connectivity index (χ1v) is 8.24. The van der Waals surface area contributed by atoms with Gasteiger partial charge in [0.25, 0.3) is 0 Å². The van der Waals surface area contributed by atoms with Crippen LogP contribution in [-0.4, -0.2) is 25.0 Å². The van der Waals surface area contributed by atoms with Crippen molar-refractivity contribution >= 4 is 45.7 Å². The fourth-order valence-electron chi connectivity index (χ4n) is 1.65.